The van der Waals surface area contributed by atoms with Gasteiger partial charge in [0, 0.05) is 5.92 Å². The highest BCUT2D eigenvalue weighted by Gasteiger charge is 2.45. The van der Waals surface area contributed by atoms with Crippen molar-refractivity contribution < 1.29 is 56.3 Å². The van der Waals surface area contributed by atoms with E-state index in [0.717, 1.165) is 6.33 Å². The molecule has 0 bridgehead atoms. The molecular formula is C11H18N5O13P3. The van der Waals surface area contributed by atoms with E-state index >= 15 is 0 Å². The third-order valence-corrected chi connectivity index (χ3v) is 8.08. The van der Waals surface area contributed by atoms with Gasteiger partial charge >= 0.3 is 23.5 Å². The molecular weight excluding hydrogens is 503 g/mol. The largest absolute Gasteiger partial charge is 0.490 e. The van der Waals surface area contributed by atoms with Crippen molar-refractivity contribution in [2.45, 2.75) is 25.4 Å². The predicted octanol–water partition coefficient (Wildman–Crippen LogP) is -1.06. The van der Waals surface area contributed by atoms with Crippen molar-refractivity contribution in [3.05, 3.63) is 16.7 Å². The Bertz CT molecular complexity index is 1210. The van der Waals surface area contributed by atoms with Crippen molar-refractivity contribution in [3.63, 3.8) is 0 Å². The number of imidazole rings is 1. The molecule has 1 fully saturated rings. The number of nitrogens with two attached hydrogens (primary N) is 1. The molecule has 1 aliphatic rings. The minimum atomic E-state index is -5.67. The highest BCUT2D eigenvalue weighted by Crippen LogP contribution is 2.66. The molecule has 2 unspecified atom stereocenters. The quantitative estimate of drug-likeness (QED) is 0.204. The van der Waals surface area contributed by atoms with E-state index < -0.39 is 60.0 Å². The van der Waals surface area contributed by atoms with Crippen LogP contribution in [0.1, 0.15) is 13.2 Å². The van der Waals surface area contributed by atoms with Crippen LogP contribution in [0.3, 0.4) is 0 Å². The zero-order valence-corrected chi connectivity index (χ0v) is 18.5. The molecule has 0 saturated carbocycles. The Labute approximate surface area is 177 Å². The van der Waals surface area contributed by atoms with Crippen molar-refractivity contribution in [3.8, 4) is 0 Å². The molecule has 1 saturated heterocycles. The van der Waals surface area contributed by atoms with E-state index in [0.29, 0.717) is 0 Å². The van der Waals surface area contributed by atoms with Gasteiger partial charge < -0.3 is 35.2 Å². The maximum Gasteiger partial charge on any atom is 0.490 e. The maximum atomic E-state index is 11.9. The van der Waals surface area contributed by atoms with Crippen LogP contribution in [0.15, 0.2) is 11.1 Å². The Hall–Kier alpha value is -1.52. The minimum Gasteiger partial charge on any atom is -0.388 e. The molecule has 18 nitrogen and oxygen atoms in total. The highest BCUT2D eigenvalue weighted by molar-refractivity contribution is 7.66. The molecule has 3 heterocycles. The number of phosphoric acid groups is 3. The van der Waals surface area contributed by atoms with Crippen LogP contribution in [-0.2, 0) is 31.6 Å². The molecule has 2 aromatic heterocycles. The molecule has 32 heavy (non-hydrogen) atoms. The summed E-state index contributed by atoms with van der Waals surface area (Å²) >= 11 is 0. The fraction of sp³-hybridized carbons (Fsp3) is 0.545. The van der Waals surface area contributed by atoms with Crippen LogP contribution in [0, 0.1) is 5.92 Å². The Morgan fingerprint density at radius 1 is 1.22 bits per heavy atom. The number of phosphoric ester groups is 1. The summed E-state index contributed by atoms with van der Waals surface area (Å²) in [6.07, 6.45) is -2.34. The lowest BCUT2D eigenvalue weighted by molar-refractivity contribution is -0.0485. The van der Waals surface area contributed by atoms with Crippen LogP contribution in [-0.4, -0.2) is 63.0 Å². The Balaban J connectivity index is 1.72. The molecule has 0 amide bonds. The average molecular weight is 521 g/mol. The Morgan fingerprint density at radius 2 is 1.88 bits per heavy atom. The number of nitrogens with one attached hydrogen (secondary N) is 1. The normalized spacial score (nSPS) is 27.9. The summed E-state index contributed by atoms with van der Waals surface area (Å²) in [5.41, 5.74) is 4.80. The predicted molar refractivity (Wildman–Crippen MR) is 101 cm³/mol. The van der Waals surface area contributed by atoms with Gasteiger partial charge in [-0.05, 0) is 0 Å². The second kappa shape index (κ2) is 8.68. The summed E-state index contributed by atoms with van der Waals surface area (Å²) in [7, 11) is -16.6. The summed E-state index contributed by atoms with van der Waals surface area (Å²) in [5, 5.41) is 10.5. The number of nitrogen functional groups attached to an aromatic ring is 1. The number of rotatable bonds is 8. The maximum absolute atomic E-state index is 11.9. The SMILES string of the molecule is C[C@H]1[C@@H](O)[C@H](n2cnc3c(=O)[nH]c(N)nc32)O[C@@H]1COP(=O)(O)OP(=O)(O)OP(=O)(O)O. The monoisotopic (exact) mass is 521 g/mol. The van der Waals surface area contributed by atoms with Crippen molar-refractivity contribution in [2.75, 3.05) is 12.3 Å². The van der Waals surface area contributed by atoms with Crippen molar-refractivity contribution in [1.82, 2.24) is 19.5 Å². The van der Waals surface area contributed by atoms with E-state index in [2.05, 4.69) is 28.1 Å². The van der Waals surface area contributed by atoms with E-state index in [1.807, 2.05) is 0 Å². The fourth-order valence-corrected chi connectivity index (χ4v) is 5.91. The molecule has 180 valence electrons. The van der Waals surface area contributed by atoms with E-state index in [9.17, 15) is 28.5 Å². The molecule has 21 heteroatoms. The molecule has 1 aliphatic heterocycles. The first-order valence-electron chi connectivity index (χ1n) is 8.43. The standard InChI is InChI=1S/C11H18N5O13P3/c1-4-5(2-26-31(22,23)29-32(24,25)28-30(19,20)21)27-10(7(4)17)16-3-13-6-8(16)14-11(12)15-9(6)18/h3-5,7,10,17H,2H2,1H3,(H,22,23)(H,24,25)(H2,19,20,21)(H3,12,14,15,18)/t4-,5-,7-,10-/m1/s1. The zero-order chi connectivity index (χ0) is 24.1. The van der Waals surface area contributed by atoms with Gasteiger partial charge in [0.05, 0.1) is 19.0 Å². The number of anilines is 1. The first-order valence-corrected chi connectivity index (χ1v) is 12.9. The van der Waals surface area contributed by atoms with Gasteiger partial charge in [-0.1, -0.05) is 6.92 Å². The van der Waals surface area contributed by atoms with Crippen LogP contribution in [0.4, 0.5) is 5.95 Å². The number of hydrogen-bond donors (Lipinski definition) is 7. The number of hydrogen-bond acceptors (Lipinski definition) is 12. The first-order chi connectivity index (χ1) is 14.6. The third-order valence-electron chi connectivity index (χ3n) is 4.27. The van der Waals surface area contributed by atoms with Crippen molar-refractivity contribution >= 4 is 40.6 Å². The van der Waals surface area contributed by atoms with Gasteiger partial charge in [-0.15, -0.1) is 0 Å². The van der Waals surface area contributed by atoms with Gasteiger partial charge in [0.2, 0.25) is 5.95 Å². The summed E-state index contributed by atoms with van der Waals surface area (Å²) in [6.45, 7) is 0.727. The van der Waals surface area contributed by atoms with Gasteiger partial charge in [-0.3, -0.25) is 18.9 Å². The van der Waals surface area contributed by atoms with Gasteiger partial charge in [0.25, 0.3) is 5.56 Å². The molecule has 2 aromatic rings. The summed E-state index contributed by atoms with van der Waals surface area (Å²) in [4.78, 5) is 57.7. The molecule has 3 rings (SSSR count). The number of aliphatic hydroxyl groups is 1. The van der Waals surface area contributed by atoms with Crippen LogP contribution in [0.5, 0.6) is 0 Å². The third kappa shape index (κ3) is 5.69. The molecule has 0 radical (unpaired) electrons. The van der Waals surface area contributed by atoms with Crippen LogP contribution >= 0.6 is 23.5 Å². The van der Waals surface area contributed by atoms with Crippen molar-refractivity contribution in [1.29, 1.82) is 0 Å². The highest BCUT2D eigenvalue weighted by atomic mass is 31.3. The number of nitrogens with zero attached hydrogens (tertiary/aromatic N) is 3. The number of aromatic nitrogens is 4. The number of H-pyrrole nitrogens is 1. The van der Waals surface area contributed by atoms with E-state index in [4.69, 9.17) is 25.2 Å². The number of aromatic amines is 1. The molecule has 0 spiro atoms. The number of aliphatic hydroxyl groups excluding tert-OH is 1. The smallest absolute Gasteiger partial charge is 0.388 e. The first kappa shape index (κ1) is 25.1. The second-order valence-corrected chi connectivity index (χ2v) is 11.0. The Kier molecular flexibility index (Phi) is 6.81. The van der Waals surface area contributed by atoms with Crippen LogP contribution in [0.25, 0.3) is 11.2 Å². The lowest BCUT2D eigenvalue weighted by Gasteiger charge is -2.19. The summed E-state index contributed by atoms with van der Waals surface area (Å²) in [6, 6.07) is 0. The fourth-order valence-electron chi connectivity index (χ4n) is 2.88. The number of fused-ring (bicyclic) bond motifs is 1. The van der Waals surface area contributed by atoms with Gasteiger partial charge in [0.1, 0.15) is 6.10 Å². The second-order valence-electron chi connectivity index (χ2n) is 6.58. The number of ether oxygens (including phenoxy) is 1. The molecule has 6 atom stereocenters. The van der Waals surface area contributed by atoms with E-state index in [1.54, 1.807) is 0 Å². The van der Waals surface area contributed by atoms with Gasteiger partial charge in [-0.2, -0.15) is 13.6 Å². The summed E-state index contributed by atoms with van der Waals surface area (Å²) in [5.74, 6) is -0.960. The lowest BCUT2D eigenvalue weighted by Crippen LogP contribution is -2.26. The van der Waals surface area contributed by atoms with Crippen LogP contribution in [0.2, 0.25) is 0 Å². The average Bonchev–Trinajstić information content (AvgIpc) is 3.12. The van der Waals surface area contributed by atoms with Crippen molar-refractivity contribution in [2.24, 2.45) is 5.92 Å². The van der Waals surface area contributed by atoms with Crippen LogP contribution < -0.4 is 11.3 Å². The molecule has 0 aliphatic carbocycles. The molecule has 8 N–H and O–H groups in total. The lowest BCUT2D eigenvalue weighted by atomic mass is 10.0. The van der Waals surface area contributed by atoms with E-state index in [1.165, 1.54) is 11.5 Å². The Morgan fingerprint density at radius 3 is 2.50 bits per heavy atom. The van der Waals surface area contributed by atoms with Gasteiger partial charge in [-0.25, -0.2) is 18.7 Å². The summed E-state index contributed by atoms with van der Waals surface area (Å²) < 4.78 is 52.5. The van der Waals surface area contributed by atoms with Gasteiger partial charge in [0.15, 0.2) is 17.4 Å². The molecule has 0 aromatic carbocycles. The minimum absolute atomic E-state index is 0.00367. The van der Waals surface area contributed by atoms with E-state index in [-0.39, 0.29) is 17.1 Å². The topological polar surface area (TPSA) is 279 Å². The zero-order valence-electron chi connectivity index (χ0n) is 15.9.